The van der Waals surface area contributed by atoms with Crippen molar-refractivity contribution < 1.29 is 4.42 Å². The SMILES string of the molecule is CC(c1ccccc1)n1cnc2c(oc3ccccc32)c1=O. The summed E-state index contributed by atoms with van der Waals surface area (Å²) < 4.78 is 7.33. The predicted molar refractivity (Wildman–Crippen MR) is 86.0 cm³/mol. The lowest BCUT2D eigenvalue weighted by Crippen LogP contribution is -2.23. The summed E-state index contributed by atoms with van der Waals surface area (Å²) in [5.74, 6) is 0. The summed E-state index contributed by atoms with van der Waals surface area (Å²) in [6.07, 6.45) is 1.60. The number of nitrogens with zero attached hydrogens (tertiary/aromatic N) is 2. The summed E-state index contributed by atoms with van der Waals surface area (Å²) in [4.78, 5) is 17.2. The summed E-state index contributed by atoms with van der Waals surface area (Å²) in [7, 11) is 0. The zero-order valence-corrected chi connectivity index (χ0v) is 12.1. The minimum Gasteiger partial charge on any atom is -0.448 e. The number of furan rings is 1. The highest BCUT2D eigenvalue weighted by molar-refractivity contribution is 6.01. The number of rotatable bonds is 2. The lowest BCUT2D eigenvalue weighted by atomic mass is 10.1. The fraction of sp³-hybridized carbons (Fsp3) is 0.111. The Kier molecular flexibility index (Phi) is 2.82. The van der Waals surface area contributed by atoms with Gasteiger partial charge in [-0.2, -0.15) is 0 Å². The summed E-state index contributed by atoms with van der Waals surface area (Å²) >= 11 is 0. The summed E-state index contributed by atoms with van der Waals surface area (Å²) in [5, 5.41) is 0.870. The second-order valence-corrected chi connectivity index (χ2v) is 5.32. The molecule has 0 aliphatic carbocycles. The molecule has 2 heterocycles. The Morgan fingerprint density at radius 1 is 1.05 bits per heavy atom. The van der Waals surface area contributed by atoms with Crippen LogP contribution in [0.4, 0.5) is 0 Å². The standard InChI is InChI=1S/C18H14N2O2/c1-12(13-7-3-2-4-8-13)20-11-19-16-14-9-5-6-10-15(14)22-17(16)18(20)21/h2-12H,1H3. The van der Waals surface area contributed by atoms with Crippen LogP contribution in [0, 0.1) is 0 Å². The molecule has 22 heavy (non-hydrogen) atoms. The first-order valence-corrected chi connectivity index (χ1v) is 7.19. The first kappa shape index (κ1) is 12.8. The molecular formula is C18H14N2O2. The summed E-state index contributed by atoms with van der Waals surface area (Å²) in [5.41, 5.74) is 2.52. The first-order valence-electron chi connectivity index (χ1n) is 7.19. The lowest BCUT2D eigenvalue weighted by Gasteiger charge is -2.14. The van der Waals surface area contributed by atoms with Gasteiger partial charge in [-0.15, -0.1) is 0 Å². The molecule has 1 unspecified atom stereocenters. The van der Waals surface area contributed by atoms with Crippen molar-refractivity contribution >= 4 is 22.1 Å². The van der Waals surface area contributed by atoms with Gasteiger partial charge in [0.2, 0.25) is 5.58 Å². The number of para-hydroxylation sites is 1. The fourth-order valence-electron chi connectivity index (χ4n) is 2.76. The van der Waals surface area contributed by atoms with Crippen molar-refractivity contribution in [1.82, 2.24) is 9.55 Å². The number of hydrogen-bond donors (Lipinski definition) is 0. The van der Waals surface area contributed by atoms with E-state index in [2.05, 4.69) is 4.98 Å². The smallest absolute Gasteiger partial charge is 0.297 e. The van der Waals surface area contributed by atoms with Crippen molar-refractivity contribution in [2.75, 3.05) is 0 Å². The zero-order chi connectivity index (χ0) is 15.1. The minimum atomic E-state index is -0.155. The summed E-state index contributed by atoms with van der Waals surface area (Å²) in [6, 6.07) is 17.3. The maximum absolute atomic E-state index is 12.7. The maximum atomic E-state index is 12.7. The van der Waals surface area contributed by atoms with Crippen LogP contribution in [0.25, 0.3) is 22.1 Å². The molecule has 0 radical (unpaired) electrons. The van der Waals surface area contributed by atoms with E-state index >= 15 is 0 Å². The van der Waals surface area contributed by atoms with Crippen molar-refractivity contribution in [2.24, 2.45) is 0 Å². The molecule has 2 aromatic heterocycles. The van der Waals surface area contributed by atoms with Crippen molar-refractivity contribution in [3.05, 3.63) is 76.8 Å². The highest BCUT2D eigenvalue weighted by Gasteiger charge is 2.16. The number of fused-ring (bicyclic) bond motifs is 3. The van der Waals surface area contributed by atoms with E-state index in [1.54, 1.807) is 10.9 Å². The van der Waals surface area contributed by atoms with Gasteiger partial charge in [0.15, 0.2) is 0 Å². The van der Waals surface area contributed by atoms with E-state index in [0.29, 0.717) is 16.7 Å². The molecule has 2 aromatic carbocycles. The van der Waals surface area contributed by atoms with Gasteiger partial charge in [-0.25, -0.2) is 4.98 Å². The molecule has 108 valence electrons. The van der Waals surface area contributed by atoms with Crippen molar-refractivity contribution in [3.8, 4) is 0 Å². The lowest BCUT2D eigenvalue weighted by molar-refractivity contribution is 0.587. The molecule has 4 heteroatoms. The van der Waals surface area contributed by atoms with Gasteiger partial charge in [0.1, 0.15) is 11.1 Å². The monoisotopic (exact) mass is 290 g/mol. The third-order valence-corrected chi connectivity index (χ3v) is 4.01. The average Bonchev–Trinajstić information content (AvgIpc) is 2.95. The van der Waals surface area contributed by atoms with Crippen LogP contribution in [-0.4, -0.2) is 9.55 Å². The highest BCUT2D eigenvalue weighted by atomic mass is 16.3. The molecule has 0 saturated carbocycles. The molecule has 0 spiro atoms. The number of aromatic nitrogens is 2. The Morgan fingerprint density at radius 2 is 1.77 bits per heavy atom. The molecule has 0 aliphatic rings. The van der Waals surface area contributed by atoms with E-state index in [4.69, 9.17) is 4.42 Å². The second kappa shape index (κ2) is 4.84. The van der Waals surface area contributed by atoms with E-state index in [1.807, 2.05) is 61.5 Å². The molecule has 0 bridgehead atoms. The van der Waals surface area contributed by atoms with Crippen LogP contribution < -0.4 is 5.56 Å². The molecule has 4 rings (SSSR count). The topological polar surface area (TPSA) is 48.0 Å². The third kappa shape index (κ3) is 1.84. The maximum Gasteiger partial charge on any atom is 0.297 e. The van der Waals surface area contributed by atoms with E-state index < -0.39 is 0 Å². The molecular weight excluding hydrogens is 276 g/mol. The van der Waals surface area contributed by atoms with Gasteiger partial charge in [-0.05, 0) is 24.6 Å². The van der Waals surface area contributed by atoms with E-state index in [1.165, 1.54) is 0 Å². The van der Waals surface area contributed by atoms with Crippen LogP contribution in [0.5, 0.6) is 0 Å². The van der Waals surface area contributed by atoms with Crippen LogP contribution in [-0.2, 0) is 0 Å². The van der Waals surface area contributed by atoms with Crippen LogP contribution >= 0.6 is 0 Å². The average molecular weight is 290 g/mol. The van der Waals surface area contributed by atoms with Gasteiger partial charge >= 0.3 is 0 Å². The minimum absolute atomic E-state index is 0.0983. The Balaban J connectivity index is 1.95. The molecule has 0 fully saturated rings. The molecule has 0 N–H and O–H groups in total. The third-order valence-electron chi connectivity index (χ3n) is 4.01. The van der Waals surface area contributed by atoms with Gasteiger partial charge in [-0.1, -0.05) is 42.5 Å². The van der Waals surface area contributed by atoms with Crippen molar-refractivity contribution in [2.45, 2.75) is 13.0 Å². The number of hydrogen-bond acceptors (Lipinski definition) is 3. The molecule has 0 amide bonds. The van der Waals surface area contributed by atoms with Gasteiger partial charge < -0.3 is 4.42 Å². The molecule has 4 aromatic rings. The van der Waals surface area contributed by atoms with E-state index in [-0.39, 0.29) is 11.6 Å². The normalized spacial score (nSPS) is 12.8. The predicted octanol–water partition coefficient (Wildman–Crippen LogP) is 3.75. The van der Waals surface area contributed by atoms with Crippen molar-refractivity contribution in [3.63, 3.8) is 0 Å². The molecule has 0 aliphatic heterocycles. The van der Waals surface area contributed by atoms with Crippen LogP contribution in [0.2, 0.25) is 0 Å². The Morgan fingerprint density at radius 3 is 2.59 bits per heavy atom. The quantitative estimate of drug-likeness (QED) is 0.565. The number of benzene rings is 2. The first-order chi connectivity index (χ1) is 10.8. The van der Waals surface area contributed by atoms with Crippen LogP contribution in [0.15, 0.2) is 70.1 Å². The zero-order valence-electron chi connectivity index (χ0n) is 12.1. The largest absolute Gasteiger partial charge is 0.448 e. The fourth-order valence-corrected chi connectivity index (χ4v) is 2.76. The summed E-state index contributed by atoms with van der Waals surface area (Å²) in [6.45, 7) is 1.98. The Labute approximate surface area is 126 Å². The molecule has 1 atom stereocenters. The van der Waals surface area contributed by atoms with Gasteiger partial charge in [0, 0.05) is 5.39 Å². The van der Waals surface area contributed by atoms with Crippen molar-refractivity contribution in [1.29, 1.82) is 0 Å². The Bertz CT molecular complexity index is 1020. The second-order valence-electron chi connectivity index (χ2n) is 5.32. The van der Waals surface area contributed by atoms with E-state index in [0.717, 1.165) is 10.9 Å². The molecule has 0 saturated heterocycles. The van der Waals surface area contributed by atoms with Gasteiger partial charge in [-0.3, -0.25) is 9.36 Å². The molecule has 4 nitrogen and oxygen atoms in total. The Hall–Kier alpha value is -2.88. The van der Waals surface area contributed by atoms with E-state index in [9.17, 15) is 4.79 Å². The highest BCUT2D eigenvalue weighted by Crippen LogP contribution is 2.25. The van der Waals surface area contributed by atoms with Crippen LogP contribution in [0.3, 0.4) is 0 Å². The van der Waals surface area contributed by atoms with Crippen LogP contribution in [0.1, 0.15) is 18.5 Å². The van der Waals surface area contributed by atoms with Gasteiger partial charge in [0.25, 0.3) is 5.56 Å². The van der Waals surface area contributed by atoms with Gasteiger partial charge in [0.05, 0.1) is 12.4 Å².